The average Bonchev–Trinajstić information content (AvgIpc) is 2.56. The second-order valence-corrected chi connectivity index (χ2v) is 6.52. The molecule has 6 nitrogen and oxygen atoms in total. The lowest BCUT2D eigenvalue weighted by atomic mass is 10.1. The van der Waals surface area contributed by atoms with Gasteiger partial charge in [-0.2, -0.15) is 5.26 Å². The molecular formula is C16H12N2O4S. The Bertz CT molecular complexity index is 926. The van der Waals surface area contributed by atoms with Gasteiger partial charge in [-0.15, -0.1) is 0 Å². The van der Waals surface area contributed by atoms with Crippen LogP contribution in [-0.2, 0) is 9.84 Å². The van der Waals surface area contributed by atoms with Crippen LogP contribution in [0.15, 0.2) is 64.4 Å². The molecule has 2 aromatic rings. The minimum absolute atomic E-state index is 0.0167. The molecule has 0 aliphatic rings. The predicted molar refractivity (Wildman–Crippen MR) is 84.3 cm³/mol. The summed E-state index contributed by atoms with van der Waals surface area (Å²) in [5.41, 5.74) is -0.287. The Morgan fingerprint density at radius 2 is 1.83 bits per heavy atom. The maximum absolute atomic E-state index is 12.6. The first-order chi connectivity index (χ1) is 10.9. The summed E-state index contributed by atoms with van der Waals surface area (Å²) in [6.07, 6.45) is 1.40. The first kappa shape index (κ1) is 16.4. The Morgan fingerprint density at radius 3 is 2.35 bits per heavy atom. The number of nitriles is 1. The van der Waals surface area contributed by atoms with Crippen LogP contribution in [0.2, 0.25) is 0 Å². The van der Waals surface area contributed by atoms with Crippen molar-refractivity contribution in [3.8, 4) is 6.07 Å². The molecule has 0 saturated carbocycles. The Labute approximate surface area is 133 Å². The normalized spacial score (nSPS) is 11.7. The molecule has 2 rings (SSSR count). The number of rotatable bonds is 4. The van der Waals surface area contributed by atoms with Crippen LogP contribution in [0.1, 0.15) is 12.5 Å². The van der Waals surface area contributed by atoms with Crippen LogP contribution in [0.25, 0.3) is 5.57 Å². The third kappa shape index (κ3) is 3.12. The summed E-state index contributed by atoms with van der Waals surface area (Å²) in [7, 11) is -3.81. The lowest BCUT2D eigenvalue weighted by Gasteiger charge is -2.07. The highest BCUT2D eigenvalue weighted by molar-refractivity contribution is 7.91. The monoisotopic (exact) mass is 328 g/mol. The van der Waals surface area contributed by atoms with Gasteiger partial charge in [0.05, 0.1) is 31.9 Å². The molecule has 23 heavy (non-hydrogen) atoms. The molecule has 0 aromatic heterocycles. The number of nitro groups is 1. The van der Waals surface area contributed by atoms with Crippen molar-refractivity contribution in [3.05, 3.63) is 70.3 Å². The lowest BCUT2D eigenvalue weighted by molar-refractivity contribution is -0.385. The number of sulfone groups is 1. The number of hydrogen-bond donors (Lipinski definition) is 0. The second-order valence-electron chi connectivity index (χ2n) is 4.57. The van der Waals surface area contributed by atoms with Crippen LogP contribution < -0.4 is 0 Å². The van der Waals surface area contributed by atoms with Crippen LogP contribution >= 0.6 is 0 Å². The molecule has 0 saturated heterocycles. The third-order valence-electron chi connectivity index (χ3n) is 3.23. The zero-order valence-corrected chi connectivity index (χ0v) is 12.9. The van der Waals surface area contributed by atoms with E-state index >= 15 is 0 Å². The summed E-state index contributed by atoms with van der Waals surface area (Å²) in [5.74, 6) is 0. The van der Waals surface area contributed by atoms with E-state index in [9.17, 15) is 18.5 Å². The van der Waals surface area contributed by atoms with E-state index in [2.05, 4.69) is 0 Å². The lowest BCUT2D eigenvalue weighted by Crippen LogP contribution is -2.04. The van der Waals surface area contributed by atoms with Gasteiger partial charge in [0, 0.05) is 6.07 Å². The van der Waals surface area contributed by atoms with Crippen molar-refractivity contribution in [2.75, 3.05) is 0 Å². The number of nitrogens with zero attached hydrogens (tertiary/aromatic N) is 2. The Morgan fingerprint density at radius 1 is 1.17 bits per heavy atom. The molecule has 0 amide bonds. The highest BCUT2D eigenvalue weighted by Crippen LogP contribution is 2.30. The van der Waals surface area contributed by atoms with Crippen molar-refractivity contribution in [1.29, 1.82) is 5.26 Å². The zero-order chi connectivity index (χ0) is 17.0. The van der Waals surface area contributed by atoms with Crippen LogP contribution in [0.3, 0.4) is 0 Å². The van der Waals surface area contributed by atoms with Gasteiger partial charge in [-0.3, -0.25) is 10.1 Å². The Kier molecular flexibility index (Phi) is 4.57. The van der Waals surface area contributed by atoms with Crippen molar-refractivity contribution in [2.24, 2.45) is 0 Å². The smallest absolute Gasteiger partial charge is 0.258 e. The summed E-state index contributed by atoms with van der Waals surface area (Å²) in [5, 5.41) is 20.2. The van der Waals surface area contributed by atoms with Crippen molar-refractivity contribution < 1.29 is 13.3 Å². The van der Waals surface area contributed by atoms with Gasteiger partial charge in [0.2, 0.25) is 9.84 Å². The molecule has 0 aliphatic carbocycles. The van der Waals surface area contributed by atoms with Crippen LogP contribution in [0.4, 0.5) is 5.69 Å². The molecule has 0 radical (unpaired) electrons. The van der Waals surface area contributed by atoms with Gasteiger partial charge < -0.3 is 0 Å². The summed E-state index contributed by atoms with van der Waals surface area (Å²) in [6.45, 7) is 1.56. The van der Waals surface area contributed by atoms with Gasteiger partial charge in [0.25, 0.3) is 5.69 Å². The second kappa shape index (κ2) is 6.42. The largest absolute Gasteiger partial charge is 0.277 e. The van der Waals surface area contributed by atoms with Gasteiger partial charge in [0.15, 0.2) is 0 Å². The van der Waals surface area contributed by atoms with Gasteiger partial charge in [-0.05, 0) is 31.2 Å². The van der Waals surface area contributed by atoms with E-state index in [4.69, 9.17) is 5.26 Å². The summed E-state index contributed by atoms with van der Waals surface area (Å²) in [4.78, 5) is 10.4. The van der Waals surface area contributed by atoms with Gasteiger partial charge in [0.1, 0.15) is 0 Å². The molecule has 7 heteroatoms. The predicted octanol–water partition coefficient (Wildman–Crippen LogP) is 3.35. The topological polar surface area (TPSA) is 101 Å². The number of benzene rings is 2. The highest BCUT2D eigenvalue weighted by atomic mass is 32.2. The maximum Gasteiger partial charge on any atom is 0.277 e. The molecule has 0 bridgehead atoms. The van der Waals surface area contributed by atoms with Crippen LogP contribution in [0, 0.1) is 21.4 Å². The quantitative estimate of drug-likeness (QED) is 0.486. The molecule has 0 spiro atoms. The molecule has 0 aliphatic heterocycles. The molecule has 0 heterocycles. The molecule has 0 atom stereocenters. The SMILES string of the molecule is C/C=C(\C#N)c1cc(S(=O)(=O)c2ccccc2)ccc1[N+](=O)[O-]. The standard InChI is InChI=1S/C16H12N2O4S/c1-2-12(11-17)15-10-14(8-9-16(15)18(19)20)23(21,22)13-6-4-3-5-7-13/h2-10H,1H3/b12-2+. The molecule has 0 fully saturated rings. The molecular weight excluding hydrogens is 316 g/mol. The van der Waals surface area contributed by atoms with Gasteiger partial charge in [-0.25, -0.2) is 8.42 Å². The van der Waals surface area contributed by atoms with Crippen molar-refractivity contribution in [1.82, 2.24) is 0 Å². The van der Waals surface area contributed by atoms with E-state index in [0.29, 0.717) is 0 Å². The Balaban J connectivity index is 2.70. The molecule has 0 unspecified atom stereocenters. The van der Waals surface area contributed by atoms with Crippen LogP contribution in [0.5, 0.6) is 0 Å². The van der Waals surface area contributed by atoms with E-state index < -0.39 is 14.8 Å². The minimum atomic E-state index is -3.81. The fraction of sp³-hybridized carbons (Fsp3) is 0.0625. The van der Waals surface area contributed by atoms with E-state index in [1.165, 1.54) is 30.3 Å². The average molecular weight is 328 g/mol. The summed E-state index contributed by atoms with van der Waals surface area (Å²) >= 11 is 0. The summed E-state index contributed by atoms with van der Waals surface area (Å²) in [6, 6.07) is 13.0. The minimum Gasteiger partial charge on any atom is -0.258 e. The van der Waals surface area contributed by atoms with E-state index in [1.807, 2.05) is 6.07 Å². The molecule has 2 aromatic carbocycles. The van der Waals surface area contributed by atoms with E-state index in [0.717, 1.165) is 6.07 Å². The first-order valence-electron chi connectivity index (χ1n) is 6.57. The fourth-order valence-electron chi connectivity index (χ4n) is 2.07. The number of nitro benzene ring substituents is 1. The zero-order valence-electron chi connectivity index (χ0n) is 12.1. The summed E-state index contributed by atoms with van der Waals surface area (Å²) < 4.78 is 25.2. The molecule has 116 valence electrons. The van der Waals surface area contributed by atoms with E-state index in [-0.39, 0.29) is 26.6 Å². The Hall–Kier alpha value is -2.98. The van der Waals surface area contributed by atoms with Gasteiger partial charge in [-0.1, -0.05) is 24.3 Å². The molecule has 0 N–H and O–H groups in total. The number of allylic oxidation sites excluding steroid dienone is 2. The van der Waals surface area contributed by atoms with Crippen molar-refractivity contribution in [3.63, 3.8) is 0 Å². The van der Waals surface area contributed by atoms with Crippen LogP contribution in [-0.4, -0.2) is 13.3 Å². The van der Waals surface area contributed by atoms with Crippen molar-refractivity contribution in [2.45, 2.75) is 16.7 Å². The third-order valence-corrected chi connectivity index (χ3v) is 5.00. The van der Waals surface area contributed by atoms with Crippen molar-refractivity contribution >= 4 is 21.1 Å². The highest BCUT2D eigenvalue weighted by Gasteiger charge is 2.23. The maximum atomic E-state index is 12.6. The van der Waals surface area contributed by atoms with E-state index in [1.54, 1.807) is 25.1 Å². The number of hydrogen-bond acceptors (Lipinski definition) is 5. The first-order valence-corrected chi connectivity index (χ1v) is 8.05. The fourth-order valence-corrected chi connectivity index (χ4v) is 3.38. The van der Waals surface area contributed by atoms with Gasteiger partial charge >= 0.3 is 0 Å².